The smallest absolute Gasteiger partial charge is 0.131 e. The molecule has 1 aromatic carbocycles. The summed E-state index contributed by atoms with van der Waals surface area (Å²) in [4.78, 5) is 4.32. The Morgan fingerprint density at radius 1 is 1.06 bits per heavy atom. The standard InChI is InChI=1S/C13H13FNP/c1-16(12-7-3-2-4-8-12)13-9-5-6-11(10-14)15-13/h2-9H,10H2,1H3. The Labute approximate surface area is 96.1 Å². The Morgan fingerprint density at radius 3 is 2.50 bits per heavy atom. The number of nitrogens with zero attached hydrogens (tertiary/aromatic N) is 1. The molecule has 0 aliphatic carbocycles. The van der Waals surface area contributed by atoms with Crippen molar-refractivity contribution in [3.63, 3.8) is 0 Å². The van der Waals surface area contributed by atoms with E-state index in [0.717, 1.165) is 5.44 Å². The molecule has 82 valence electrons. The summed E-state index contributed by atoms with van der Waals surface area (Å²) in [6, 6.07) is 15.8. The van der Waals surface area contributed by atoms with Crippen LogP contribution in [-0.2, 0) is 6.67 Å². The van der Waals surface area contributed by atoms with Crippen LogP contribution in [0.15, 0.2) is 48.5 Å². The highest BCUT2D eigenvalue weighted by Gasteiger charge is 2.09. The van der Waals surface area contributed by atoms with Crippen molar-refractivity contribution in [3.8, 4) is 0 Å². The second-order valence-corrected chi connectivity index (χ2v) is 5.61. The highest BCUT2D eigenvalue weighted by molar-refractivity contribution is 7.72. The Bertz CT molecular complexity index is 458. The molecular formula is C13H13FNP. The summed E-state index contributed by atoms with van der Waals surface area (Å²) in [6.45, 7) is 1.65. The maximum atomic E-state index is 12.5. The lowest BCUT2D eigenvalue weighted by Crippen LogP contribution is -2.14. The molecule has 0 saturated heterocycles. The van der Waals surface area contributed by atoms with Crippen LogP contribution >= 0.6 is 7.92 Å². The van der Waals surface area contributed by atoms with E-state index in [1.54, 1.807) is 6.07 Å². The zero-order valence-corrected chi connectivity index (χ0v) is 9.99. The van der Waals surface area contributed by atoms with Crippen molar-refractivity contribution >= 4 is 18.7 Å². The summed E-state index contributed by atoms with van der Waals surface area (Å²) in [7, 11) is -0.470. The van der Waals surface area contributed by atoms with Gasteiger partial charge in [-0.15, -0.1) is 0 Å². The van der Waals surface area contributed by atoms with Crippen LogP contribution in [0.4, 0.5) is 4.39 Å². The second kappa shape index (κ2) is 5.18. The SMILES string of the molecule is CP(c1ccccc1)c1cccc(CF)n1. The Hall–Kier alpha value is -1.27. The number of halogens is 1. The maximum absolute atomic E-state index is 12.5. The molecule has 1 heterocycles. The number of rotatable bonds is 3. The van der Waals surface area contributed by atoms with Crippen LogP contribution in [0.5, 0.6) is 0 Å². The molecule has 1 nitrogen and oxygen atoms in total. The van der Waals surface area contributed by atoms with Crippen molar-refractivity contribution in [1.29, 1.82) is 0 Å². The van der Waals surface area contributed by atoms with Gasteiger partial charge in [-0.2, -0.15) is 0 Å². The summed E-state index contributed by atoms with van der Waals surface area (Å²) < 4.78 is 12.5. The fraction of sp³-hybridized carbons (Fsp3) is 0.154. The molecule has 0 bridgehead atoms. The molecule has 1 aromatic heterocycles. The summed E-state index contributed by atoms with van der Waals surface area (Å²) in [5.74, 6) is 0. The largest absolute Gasteiger partial charge is 0.250 e. The molecule has 0 aliphatic heterocycles. The van der Waals surface area contributed by atoms with E-state index in [2.05, 4.69) is 23.8 Å². The first-order valence-electron chi connectivity index (χ1n) is 5.12. The van der Waals surface area contributed by atoms with Crippen LogP contribution in [0.25, 0.3) is 0 Å². The van der Waals surface area contributed by atoms with E-state index in [4.69, 9.17) is 0 Å². The minimum atomic E-state index is -0.494. The summed E-state index contributed by atoms with van der Waals surface area (Å²) in [5, 5.41) is 1.26. The van der Waals surface area contributed by atoms with Crippen LogP contribution in [-0.4, -0.2) is 11.6 Å². The molecule has 2 aromatic rings. The second-order valence-electron chi connectivity index (χ2n) is 3.52. The van der Waals surface area contributed by atoms with E-state index in [-0.39, 0.29) is 0 Å². The fourth-order valence-electron chi connectivity index (χ4n) is 1.51. The van der Waals surface area contributed by atoms with Gasteiger partial charge in [-0.05, 0) is 32.0 Å². The van der Waals surface area contributed by atoms with Crippen LogP contribution < -0.4 is 10.7 Å². The van der Waals surface area contributed by atoms with Gasteiger partial charge in [-0.25, -0.2) is 9.37 Å². The molecular weight excluding hydrogens is 220 g/mol. The van der Waals surface area contributed by atoms with Gasteiger partial charge in [0.05, 0.1) is 11.1 Å². The van der Waals surface area contributed by atoms with Crippen molar-refractivity contribution < 1.29 is 4.39 Å². The number of alkyl halides is 1. The Balaban J connectivity index is 2.30. The van der Waals surface area contributed by atoms with Crippen molar-refractivity contribution in [2.24, 2.45) is 0 Å². The first kappa shape index (κ1) is 11.2. The fourth-order valence-corrected chi connectivity index (χ4v) is 2.98. The lowest BCUT2D eigenvalue weighted by molar-refractivity contribution is 0.477. The van der Waals surface area contributed by atoms with Gasteiger partial charge in [0.25, 0.3) is 0 Å². The first-order valence-corrected chi connectivity index (χ1v) is 6.91. The molecule has 0 amide bonds. The molecule has 0 spiro atoms. The number of hydrogen-bond acceptors (Lipinski definition) is 1. The van der Waals surface area contributed by atoms with Gasteiger partial charge in [-0.1, -0.05) is 36.4 Å². The van der Waals surface area contributed by atoms with Crippen LogP contribution in [0.2, 0.25) is 0 Å². The van der Waals surface area contributed by atoms with Gasteiger partial charge >= 0.3 is 0 Å². The highest BCUT2D eigenvalue weighted by atomic mass is 31.1. The monoisotopic (exact) mass is 233 g/mol. The van der Waals surface area contributed by atoms with Gasteiger partial charge in [0.2, 0.25) is 0 Å². The van der Waals surface area contributed by atoms with Crippen LogP contribution in [0, 0.1) is 0 Å². The number of pyridine rings is 1. The molecule has 16 heavy (non-hydrogen) atoms. The van der Waals surface area contributed by atoms with E-state index in [9.17, 15) is 4.39 Å². The quantitative estimate of drug-likeness (QED) is 0.742. The van der Waals surface area contributed by atoms with Crippen molar-refractivity contribution in [1.82, 2.24) is 4.98 Å². The average molecular weight is 233 g/mol. The number of hydrogen-bond donors (Lipinski definition) is 0. The van der Waals surface area contributed by atoms with E-state index < -0.39 is 14.6 Å². The molecule has 0 fully saturated rings. The summed E-state index contributed by atoms with van der Waals surface area (Å²) in [5.41, 5.74) is 1.50. The molecule has 2 rings (SSSR count). The van der Waals surface area contributed by atoms with Gasteiger partial charge in [-0.3, -0.25) is 0 Å². The molecule has 1 unspecified atom stereocenters. The van der Waals surface area contributed by atoms with Crippen LogP contribution in [0.1, 0.15) is 5.69 Å². The Kier molecular flexibility index (Phi) is 3.63. The Morgan fingerprint density at radius 2 is 1.81 bits per heavy atom. The molecule has 0 N–H and O–H groups in total. The lowest BCUT2D eigenvalue weighted by atomic mass is 10.4. The van der Waals surface area contributed by atoms with Gasteiger partial charge in [0, 0.05) is 0 Å². The zero-order valence-electron chi connectivity index (χ0n) is 9.10. The van der Waals surface area contributed by atoms with Crippen molar-refractivity contribution in [2.45, 2.75) is 6.67 Å². The third kappa shape index (κ3) is 2.45. The van der Waals surface area contributed by atoms with Gasteiger partial charge < -0.3 is 0 Å². The van der Waals surface area contributed by atoms with Crippen molar-refractivity contribution in [3.05, 3.63) is 54.2 Å². The molecule has 0 saturated carbocycles. The summed E-state index contributed by atoms with van der Waals surface area (Å²) >= 11 is 0. The molecule has 0 aliphatic rings. The number of benzene rings is 1. The van der Waals surface area contributed by atoms with Crippen LogP contribution in [0.3, 0.4) is 0 Å². The van der Waals surface area contributed by atoms with Crippen molar-refractivity contribution in [2.75, 3.05) is 6.66 Å². The maximum Gasteiger partial charge on any atom is 0.131 e. The molecule has 3 heteroatoms. The third-order valence-corrected chi connectivity index (χ3v) is 4.43. The van der Waals surface area contributed by atoms with E-state index >= 15 is 0 Å². The predicted octanol–water partition coefficient (Wildman–Crippen LogP) is 2.61. The minimum absolute atomic E-state index is 0.470. The highest BCUT2D eigenvalue weighted by Crippen LogP contribution is 2.27. The third-order valence-electron chi connectivity index (χ3n) is 2.42. The lowest BCUT2D eigenvalue weighted by Gasteiger charge is -2.12. The van der Waals surface area contributed by atoms with Gasteiger partial charge in [0.1, 0.15) is 6.67 Å². The topological polar surface area (TPSA) is 12.9 Å². The van der Waals surface area contributed by atoms with E-state index in [1.165, 1.54) is 5.30 Å². The van der Waals surface area contributed by atoms with Gasteiger partial charge in [0.15, 0.2) is 0 Å². The summed E-state index contributed by atoms with van der Waals surface area (Å²) in [6.07, 6.45) is 0. The van der Waals surface area contributed by atoms with E-state index in [0.29, 0.717) is 5.69 Å². The van der Waals surface area contributed by atoms with E-state index in [1.807, 2.05) is 30.3 Å². The number of aromatic nitrogens is 1. The molecule has 0 radical (unpaired) electrons. The first-order chi connectivity index (χ1) is 7.81. The minimum Gasteiger partial charge on any atom is -0.250 e. The zero-order chi connectivity index (χ0) is 11.4. The predicted molar refractivity (Wildman–Crippen MR) is 67.6 cm³/mol. The normalized spacial score (nSPS) is 12.4. The average Bonchev–Trinajstić information content (AvgIpc) is 2.39. The molecule has 1 atom stereocenters.